The second-order valence-electron chi connectivity index (χ2n) is 10.1. The fourth-order valence-corrected chi connectivity index (χ4v) is 7.69. The Morgan fingerprint density at radius 2 is 1.85 bits per heavy atom. The third-order valence-corrected chi connectivity index (χ3v) is 10.1. The SMILES string of the molecule is CCOC(=O)N1CCN(S(=O)(=O)c2ccc(C(=O)N(CC3CCCO3)c3nc4c(C)cc(C)cc4s3)cc2)CC1. The average molecular weight is 587 g/mol. The first kappa shape index (κ1) is 28.5. The van der Waals surface area contributed by atoms with E-state index in [0.29, 0.717) is 23.8 Å². The van der Waals surface area contributed by atoms with Gasteiger partial charge in [-0.25, -0.2) is 18.2 Å². The summed E-state index contributed by atoms with van der Waals surface area (Å²) in [6.07, 6.45) is 1.30. The van der Waals surface area contributed by atoms with Crippen molar-refractivity contribution in [1.29, 1.82) is 0 Å². The molecule has 3 heterocycles. The van der Waals surface area contributed by atoms with Crippen LogP contribution in [0, 0.1) is 13.8 Å². The fraction of sp³-hybridized carbons (Fsp3) is 0.464. The number of sulfonamides is 1. The van der Waals surface area contributed by atoms with Crippen LogP contribution in [0.5, 0.6) is 0 Å². The summed E-state index contributed by atoms with van der Waals surface area (Å²) in [5.41, 5.74) is 3.44. The summed E-state index contributed by atoms with van der Waals surface area (Å²) in [5, 5.41) is 0.598. The Morgan fingerprint density at radius 1 is 1.12 bits per heavy atom. The van der Waals surface area contributed by atoms with Crippen molar-refractivity contribution in [1.82, 2.24) is 14.2 Å². The molecule has 2 aliphatic heterocycles. The molecule has 2 aromatic carbocycles. The van der Waals surface area contributed by atoms with Crippen LogP contribution >= 0.6 is 11.3 Å². The van der Waals surface area contributed by atoms with Crippen molar-refractivity contribution in [2.24, 2.45) is 0 Å². The molecule has 0 radical (unpaired) electrons. The number of nitrogens with zero attached hydrogens (tertiary/aromatic N) is 4. The number of fused-ring (bicyclic) bond motifs is 1. The smallest absolute Gasteiger partial charge is 0.409 e. The van der Waals surface area contributed by atoms with E-state index >= 15 is 0 Å². The first-order chi connectivity index (χ1) is 19.2. The van der Waals surface area contributed by atoms with E-state index in [-0.39, 0.29) is 49.7 Å². The van der Waals surface area contributed by atoms with Crippen LogP contribution in [0.1, 0.15) is 41.3 Å². The van der Waals surface area contributed by atoms with Crippen molar-refractivity contribution in [2.45, 2.75) is 44.6 Å². The highest BCUT2D eigenvalue weighted by Crippen LogP contribution is 2.33. The van der Waals surface area contributed by atoms with E-state index in [4.69, 9.17) is 14.5 Å². The quantitative estimate of drug-likeness (QED) is 0.408. The third kappa shape index (κ3) is 5.85. The van der Waals surface area contributed by atoms with Gasteiger partial charge < -0.3 is 14.4 Å². The Bertz CT molecular complexity index is 1490. The van der Waals surface area contributed by atoms with E-state index in [9.17, 15) is 18.0 Å². The summed E-state index contributed by atoms with van der Waals surface area (Å²) >= 11 is 1.47. The molecular weight excluding hydrogens is 552 g/mol. The van der Waals surface area contributed by atoms with Gasteiger partial charge in [0.05, 0.1) is 34.4 Å². The molecule has 2 fully saturated rings. The Hall–Kier alpha value is -3.06. The minimum absolute atomic E-state index is 0.0771. The highest BCUT2D eigenvalue weighted by Gasteiger charge is 2.32. The molecule has 1 aromatic heterocycles. The van der Waals surface area contributed by atoms with Crippen LogP contribution in [-0.4, -0.2) is 86.6 Å². The first-order valence-electron chi connectivity index (χ1n) is 13.5. The number of rotatable bonds is 7. The molecule has 40 heavy (non-hydrogen) atoms. The molecular formula is C28H34N4O6S2. The second kappa shape index (κ2) is 11.8. The normalized spacial score (nSPS) is 18.3. The summed E-state index contributed by atoms with van der Waals surface area (Å²) in [5.74, 6) is -0.254. The molecule has 2 aliphatic rings. The van der Waals surface area contributed by atoms with Crippen molar-refractivity contribution < 1.29 is 27.5 Å². The van der Waals surface area contributed by atoms with E-state index in [2.05, 4.69) is 12.1 Å². The monoisotopic (exact) mass is 586 g/mol. The zero-order valence-electron chi connectivity index (χ0n) is 23.0. The maximum atomic E-state index is 13.8. The highest BCUT2D eigenvalue weighted by molar-refractivity contribution is 7.89. The molecule has 3 aromatic rings. The van der Waals surface area contributed by atoms with Gasteiger partial charge in [0.1, 0.15) is 0 Å². The molecule has 12 heteroatoms. The zero-order valence-corrected chi connectivity index (χ0v) is 24.6. The Balaban J connectivity index is 1.36. The molecule has 0 aliphatic carbocycles. The van der Waals surface area contributed by atoms with Gasteiger partial charge >= 0.3 is 6.09 Å². The number of anilines is 1. The number of amides is 2. The molecule has 10 nitrogen and oxygen atoms in total. The standard InChI is InChI=1S/C28H34N4O6S2/c1-4-37-28(34)30-11-13-31(14-12-30)40(35,36)23-9-7-21(8-10-23)26(33)32(18-22-6-5-15-38-22)27-29-25-20(3)16-19(2)17-24(25)39-27/h7-10,16-17,22H,4-6,11-15,18H2,1-3H3. The number of benzene rings is 2. The van der Waals surface area contributed by atoms with Gasteiger partial charge in [-0.15, -0.1) is 0 Å². The van der Waals surface area contributed by atoms with Crippen LogP contribution in [0.4, 0.5) is 9.93 Å². The highest BCUT2D eigenvalue weighted by atomic mass is 32.2. The molecule has 0 N–H and O–H groups in total. The lowest BCUT2D eigenvalue weighted by Crippen LogP contribution is -2.50. The van der Waals surface area contributed by atoms with Crippen molar-refractivity contribution in [3.63, 3.8) is 0 Å². The summed E-state index contributed by atoms with van der Waals surface area (Å²) in [6.45, 7) is 7.97. The van der Waals surface area contributed by atoms with Gasteiger partial charge in [-0.1, -0.05) is 17.4 Å². The Labute approximate surface area is 238 Å². The average Bonchev–Trinajstić information content (AvgIpc) is 3.62. The lowest BCUT2D eigenvalue weighted by atomic mass is 10.1. The number of hydrogen-bond donors (Lipinski definition) is 0. The summed E-state index contributed by atoms with van der Waals surface area (Å²) < 4.78 is 39.8. The molecule has 2 saturated heterocycles. The maximum absolute atomic E-state index is 13.8. The number of ether oxygens (including phenoxy) is 2. The van der Waals surface area contributed by atoms with Crippen LogP contribution in [-0.2, 0) is 19.5 Å². The largest absolute Gasteiger partial charge is 0.450 e. The van der Waals surface area contributed by atoms with E-state index in [0.717, 1.165) is 34.2 Å². The first-order valence-corrected chi connectivity index (χ1v) is 15.8. The lowest BCUT2D eigenvalue weighted by Gasteiger charge is -2.33. The summed E-state index contributed by atoms with van der Waals surface area (Å²) in [4.78, 5) is 33.9. The van der Waals surface area contributed by atoms with Gasteiger partial charge in [0, 0.05) is 38.3 Å². The fourth-order valence-electron chi connectivity index (χ4n) is 5.11. The predicted octanol–water partition coefficient (Wildman–Crippen LogP) is 4.20. The maximum Gasteiger partial charge on any atom is 0.409 e. The van der Waals surface area contributed by atoms with Gasteiger partial charge in [-0.05, 0) is 75.1 Å². The van der Waals surface area contributed by atoms with Crippen LogP contribution in [0.25, 0.3) is 10.2 Å². The minimum atomic E-state index is -3.78. The molecule has 5 rings (SSSR count). The molecule has 2 amide bonds. The number of thiazole rings is 1. The molecule has 1 unspecified atom stereocenters. The van der Waals surface area contributed by atoms with E-state index in [1.165, 1.54) is 32.7 Å². The third-order valence-electron chi connectivity index (χ3n) is 7.21. The predicted molar refractivity (Wildman–Crippen MR) is 154 cm³/mol. The number of aryl methyl sites for hydroxylation is 2. The van der Waals surface area contributed by atoms with Crippen molar-refractivity contribution in [3.05, 3.63) is 53.1 Å². The Morgan fingerprint density at radius 3 is 2.50 bits per heavy atom. The van der Waals surface area contributed by atoms with Gasteiger partial charge in [-0.3, -0.25) is 9.69 Å². The van der Waals surface area contributed by atoms with Crippen LogP contribution in [0.15, 0.2) is 41.3 Å². The molecule has 1 atom stereocenters. The molecule has 0 spiro atoms. The van der Waals surface area contributed by atoms with E-state index < -0.39 is 16.1 Å². The van der Waals surface area contributed by atoms with Crippen LogP contribution in [0.3, 0.4) is 0 Å². The van der Waals surface area contributed by atoms with Crippen molar-refractivity contribution in [3.8, 4) is 0 Å². The lowest BCUT2D eigenvalue weighted by molar-refractivity contribution is 0.0916. The Kier molecular flexibility index (Phi) is 8.41. The van der Waals surface area contributed by atoms with E-state index in [1.807, 2.05) is 13.8 Å². The van der Waals surface area contributed by atoms with Gasteiger partial charge in [0.15, 0.2) is 5.13 Å². The topological polar surface area (TPSA) is 109 Å². The number of carbonyl (C=O) groups excluding carboxylic acids is 2. The van der Waals surface area contributed by atoms with Gasteiger partial charge in [-0.2, -0.15) is 4.31 Å². The summed E-state index contributed by atoms with van der Waals surface area (Å²) in [7, 11) is -3.78. The summed E-state index contributed by atoms with van der Waals surface area (Å²) in [6, 6.07) is 10.2. The zero-order chi connectivity index (χ0) is 28.4. The molecule has 0 bridgehead atoms. The molecule has 0 saturated carbocycles. The number of piperazine rings is 1. The van der Waals surface area contributed by atoms with Gasteiger partial charge in [0.25, 0.3) is 5.91 Å². The minimum Gasteiger partial charge on any atom is -0.450 e. The second-order valence-corrected chi connectivity index (χ2v) is 13.0. The van der Waals surface area contributed by atoms with Crippen LogP contribution in [0.2, 0.25) is 0 Å². The number of hydrogen-bond acceptors (Lipinski definition) is 8. The van der Waals surface area contributed by atoms with Crippen LogP contribution < -0.4 is 4.90 Å². The van der Waals surface area contributed by atoms with Crippen molar-refractivity contribution >= 4 is 48.7 Å². The number of aromatic nitrogens is 1. The molecule has 214 valence electrons. The number of carbonyl (C=O) groups is 2. The van der Waals surface area contributed by atoms with E-state index in [1.54, 1.807) is 24.0 Å². The van der Waals surface area contributed by atoms with Gasteiger partial charge in [0.2, 0.25) is 10.0 Å². The van der Waals surface area contributed by atoms with Crippen molar-refractivity contribution in [2.75, 3.05) is 50.8 Å².